The van der Waals surface area contributed by atoms with Crippen LogP contribution in [0.1, 0.15) is 38.2 Å². The molecule has 1 heterocycles. The zero-order valence-corrected chi connectivity index (χ0v) is 14.4. The van der Waals surface area contributed by atoms with Crippen molar-refractivity contribution in [1.29, 1.82) is 0 Å². The van der Waals surface area contributed by atoms with Gasteiger partial charge in [-0.05, 0) is 50.7 Å². The fourth-order valence-electron chi connectivity index (χ4n) is 3.61. The number of nitrogens with zero attached hydrogens (tertiary/aromatic N) is 1. The summed E-state index contributed by atoms with van der Waals surface area (Å²) in [5.41, 5.74) is -0.701. The summed E-state index contributed by atoms with van der Waals surface area (Å²) in [6.07, 6.45) is 3.09. The summed E-state index contributed by atoms with van der Waals surface area (Å²) in [5, 5.41) is 0. The van der Waals surface area contributed by atoms with E-state index in [1.54, 1.807) is 11.8 Å². The number of carbonyl (C=O) groups is 2. The monoisotopic (exact) mass is 351 g/mol. The van der Waals surface area contributed by atoms with Gasteiger partial charge in [0.2, 0.25) is 5.91 Å². The van der Waals surface area contributed by atoms with E-state index in [0.717, 1.165) is 18.9 Å². The van der Waals surface area contributed by atoms with Gasteiger partial charge >= 0.3 is 5.97 Å². The van der Waals surface area contributed by atoms with Crippen molar-refractivity contribution in [2.24, 2.45) is 11.3 Å². The number of benzene rings is 1. The van der Waals surface area contributed by atoms with Crippen molar-refractivity contribution >= 4 is 11.9 Å². The lowest BCUT2D eigenvalue weighted by atomic mass is 9.74. The summed E-state index contributed by atoms with van der Waals surface area (Å²) in [6.45, 7) is 2.80. The number of piperidine rings is 1. The first kappa shape index (κ1) is 17.8. The van der Waals surface area contributed by atoms with Gasteiger partial charge in [-0.25, -0.2) is 8.78 Å². The van der Waals surface area contributed by atoms with Crippen LogP contribution in [0.25, 0.3) is 0 Å². The number of halogens is 2. The third kappa shape index (κ3) is 3.83. The van der Waals surface area contributed by atoms with Gasteiger partial charge in [0.1, 0.15) is 11.6 Å². The van der Waals surface area contributed by atoms with Crippen LogP contribution in [-0.2, 0) is 20.7 Å². The van der Waals surface area contributed by atoms with Crippen LogP contribution in [-0.4, -0.2) is 36.5 Å². The van der Waals surface area contributed by atoms with E-state index in [9.17, 15) is 18.4 Å². The summed E-state index contributed by atoms with van der Waals surface area (Å²) in [4.78, 5) is 26.9. The van der Waals surface area contributed by atoms with Gasteiger partial charge in [0.25, 0.3) is 0 Å². The molecule has 1 aromatic carbocycles. The molecule has 1 atom stereocenters. The number of esters is 1. The molecule has 0 N–H and O–H groups in total. The van der Waals surface area contributed by atoms with Crippen molar-refractivity contribution in [2.45, 2.75) is 39.0 Å². The van der Waals surface area contributed by atoms with E-state index in [4.69, 9.17) is 4.74 Å². The molecule has 1 saturated carbocycles. The van der Waals surface area contributed by atoms with Crippen LogP contribution in [0.4, 0.5) is 8.78 Å². The Hall–Kier alpha value is -1.98. The van der Waals surface area contributed by atoms with Gasteiger partial charge in [0, 0.05) is 25.1 Å². The summed E-state index contributed by atoms with van der Waals surface area (Å²) >= 11 is 0. The topological polar surface area (TPSA) is 46.6 Å². The van der Waals surface area contributed by atoms with Crippen LogP contribution >= 0.6 is 0 Å². The fourth-order valence-corrected chi connectivity index (χ4v) is 3.61. The molecule has 0 aromatic heterocycles. The van der Waals surface area contributed by atoms with Crippen molar-refractivity contribution in [1.82, 2.24) is 4.90 Å². The number of likely N-dealkylation sites (tertiary alicyclic amines) is 1. The minimum Gasteiger partial charge on any atom is -0.466 e. The first-order valence-corrected chi connectivity index (χ1v) is 8.85. The Morgan fingerprint density at radius 2 is 2.08 bits per heavy atom. The lowest BCUT2D eigenvalue weighted by Crippen LogP contribution is -2.52. The van der Waals surface area contributed by atoms with Gasteiger partial charge in [-0.2, -0.15) is 0 Å². The van der Waals surface area contributed by atoms with Gasteiger partial charge in [-0.3, -0.25) is 9.59 Å². The largest absolute Gasteiger partial charge is 0.466 e. The van der Waals surface area contributed by atoms with E-state index in [1.807, 2.05) is 0 Å². The third-order valence-corrected chi connectivity index (χ3v) is 5.07. The molecule has 4 nitrogen and oxygen atoms in total. The highest BCUT2D eigenvalue weighted by atomic mass is 19.1. The highest BCUT2D eigenvalue weighted by Gasteiger charge is 2.47. The molecule has 1 aliphatic carbocycles. The van der Waals surface area contributed by atoms with E-state index in [1.165, 1.54) is 12.1 Å². The molecule has 2 aliphatic rings. The Kier molecular flexibility index (Phi) is 5.06. The van der Waals surface area contributed by atoms with Crippen molar-refractivity contribution in [2.75, 3.05) is 19.7 Å². The molecule has 1 aromatic rings. The summed E-state index contributed by atoms with van der Waals surface area (Å²) in [6, 6.07) is 3.38. The zero-order valence-electron chi connectivity index (χ0n) is 14.4. The molecule has 1 amide bonds. The van der Waals surface area contributed by atoms with E-state index in [0.29, 0.717) is 19.4 Å². The molecule has 0 bridgehead atoms. The Morgan fingerprint density at radius 3 is 2.72 bits per heavy atom. The van der Waals surface area contributed by atoms with Crippen LogP contribution in [0.2, 0.25) is 0 Å². The van der Waals surface area contributed by atoms with Gasteiger partial charge in [0.05, 0.1) is 12.0 Å². The summed E-state index contributed by atoms with van der Waals surface area (Å²) < 4.78 is 32.6. The summed E-state index contributed by atoms with van der Waals surface area (Å²) in [7, 11) is 0. The average Bonchev–Trinajstić information content (AvgIpc) is 3.42. The van der Waals surface area contributed by atoms with Crippen molar-refractivity contribution < 1.29 is 23.1 Å². The molecule has 1 aliphatic heterocycles. The Balaban J connectivity index is 1.87. The Morgan fingerprint density at radius 1 is 1.32 bits per heavy atom. The van der Waals surface area contributed by atoms with E-state index >= 15 is 0 Å². The fraction of sp³-hybridized carbons (Fsp3) is 0.579. The van der Waals surface area contributed by atoms with Crippen LogP contribution in [0, 0.1) is 23.0 Å². The molecule has 0 unspecified atom stereocenters. The minimum absolute atomic E-state index is 0.0700. The first-order valence-electron chi connectivity index (χ1n) is 8.85. The van der Waals surface area contributed by atoms with Crippen LogP contribution < -0.4 is 0 Å². The first-order chi connectivity index (χ1) is 11.9. The molecule has 6 heteroatoms. The molecule has 0 radical (unpaired) electrons. The number of ether oxygens (including phenoxy) is 1. The number of amides is 1. The van der Waals surface area contributed by atoms with Crippen molar-refractivity contribution in [3.63, 3.8) is 0 Å². The maximum absolute atomic E-state index is 14.1. The molecular weight excluding hydrogens is 328 g/mol. The maximum atomic E-state index is 14.1. The predicted molar refractivity (Wildman–Crippen MR) is 87.7 cm³/mol. The van der Waals surface area contributed by atoms with Gasteiger partial charge in [0.15, 0.2) is 0 Å². The van der Waals surface area contributed by atoms with Crippen molar-refractivity contribution in [3.8, 4) is 0 Å². The molecule has 25 heavy (non-hydrogen) atoms. The minimum atomic E-state index is -0.975. The second-order valence-electron chi connectivity index (χ2n) is 7.05. The third-order valence-electron chi connectivity index (χ3n) is 5.07. The van der Waals surface area contributed by atoms with E-state index < -0.39 is 23.0 Å². The molecule has 1 saturated heterocycles. The lowest BCUT2D eigenvalue weighted by molar-refractivity contribution is -0.161. The van der Waals surface area contributed by atoms with Crippen LogP contribution in [0.3, 0.4) is 0 Å². The maximum Gasteiger partial charge on any atom is 0.314 e. The molecule has 3 rings (SSSR count). The van der Waals surface area contributed by atoms with Crippen molar-refractivity contribution in [3.05, 3.63) is 35.4 Å². The summed E-state index contributed by atoms with van der Waals surface area (Å²) in [5.74, 6) is -1.59. The van der Waals surface area contributed by atoms with Gasteiger partial charge < -0.3 is 9.64 Å². The van der Waals surface area contributed by atoms with Crippen LogP contribution in [0.5, 0.6) is 0 Å². The highest BCUT2D eigenvalue weighted by Crippen LogP contribution is 2.39. The molecule has 0 spiro atoms. The molecule has 136 valence electrons. The smallest absolute Gasteiger partial charge is 0.314 e. The number of rotatable bonds is 5. The standard InChI is InChI=1S/C19H23F2NO3/c1-2-25-18(24)19(11-14-6-7-15(20)10-16(14)21)8-3-9-22(12-19)17(23)13-4-5-13/h6-7,10,13H,2-5,8-9,11-12H2,1H3/t19-/m0/s1. The second-order valence-corrected chi connectivity index (χ2v) is 7.05. The number of hydrogen-bond acceptors (Lipinski definition) is 3. The second kappa shape index (κ2) is 7.10. The van der Waals surface area contributed by atoms with E-state index in [2.05, 4.69) is 0 Å². The molecule has 2 fully saturated rings. The SMILES string of the molecule is CCOC(=O)[C@]1(Cc2ccc(F)cc2F)CCCN(C(=O)C2CC2)C1. The molecular formula is C19H23F2NO3. The van der Waals surface area contributed by atoms with E-state index in [-0.39, 0.29) is 37.0 Å². The Bertz CT molecular complexity index is 675. The normalized spacial score (nSPS) is 23.4. The average molecular weight is 351 g/mol. The Labute approximate surface area is 146 Å². The van der Waals surface area contributed by atoms with Gasteiger partial charge in [-0.15, -0.1) is 0 Å². The number of carbonyl (C=O) groups excluding carboxylic acids is 2. The quantitative estimate of drug-likeness (QED) is 0.766. The lowest BCUT2D eigenvalue weighted by Gasteiger charge is -2.41. The van der Waals surface area contributed by atoms with Crippen LogP contribution in [0.15, 0.2) is 18.2 Å². The predicted octanol–water partition coefficient (Wildman–Crippen LogP) is 3.09. The number of hydrogen-bond donors (Lipinski definition) is 0. The van der Waals surface area contributed by atoms with Gasteiger partial charge in [-0.1, -0.05) is 6.07 Å². The zero-order chi connectivity index (χ0) is 18.0. The highest BCUT2D eigenvalue weighted by molar-refractivity contribution is 5.83.